The third kappa shape index (κ3) is 7.09. The first-order valence-electron chi connectivity index (χ1n) is 12.6. The van der Waals surface area contributed by atoms with E-state index in [9.17, 15) is 8.42 Å². The predicted molar refractivity (Wildman–Crippen MR) is 158 cm³/mol. The lowest BCUT2D eigenvalue weighted by Gasteiger charge is -2.19. The molecule has 0 bridgehead atoms. The first-order chi connectivity index (χ1) is 19.4. The van der Waals surface area contributed by atoms with Crippen molar-refractivity contribution in [3.05, 3.63) is 64.9 Å². The van der Waals surface area contributed by atoms with Gasteiger partial charge in [0, 0.05) is 19.4 Å². The van der Waals surface area contributed by atoms with E-state index in [-0.39, 0.29) is 41.2 Å². The molecule has 1 N–H and O–H groups in total. The number of halogens is 1. The Balaban J connectivity index is 1.67. The van der Waals surface area contributed by atoms with E-state index in [4.69, 9.17) is 18.9 Å². The van der Waals surface area contributed by atoms with Crippen molar-refractivity contribution in [3.63, 3.8) is 0 Å². The number of ether oxygens (including phenoxy) is 4. The van der Waals surface area contributed by atoms with Crippen molar-refractivity contribution in [1.29, 1.82) is 0 Å². The second-order valence-electron chi connectivity index (χ2n) is 9.98. The maximum absolute atomic E-state index is 13.5. The molecule has 0 radical (unpaired) electrons. The van der Waals surface area contributed by atoms with Crippen molar-refractivity contribution in [1.82, 2.24) is 19.7 Å². The molecule has 0 aliphatic rings. The Bertz CT molecular complexity index is 1600. The quantitative estimate of drug-likeness (QED) is 0.219. The normalized spacial score (nSPS) is 11.7. The maximum Gasteiger partial charge on any atom is 0.316 e. The molecule has 0 amide bonds. The number of hydrogen-bond acceptors (Lipinski definition) is 9. The number of sulfonamides is 1. The lowest BCUT2D eigenvalue weighted by Crippen LogP contribution is -2.17. The fourth-order valence-electron chi connectivity index (χ4n) is 3.94. The van der Waals surface area contributed by atoms with Gasteiger partial charge in [-0.15, -0.1) is 5.10 Å². The minimum atomic E-state index is -3.98. The van der Waals surface area contributed by atoms with E-state index in [0.717, 1.165) is 10.0 Å². The van der Waals surface area contributed by atoms with Crippen LogP contribution in [0.15, 0.2) is 64.2 Å². The molecule has 0 saturated carbocycles. The number of aryl methyl sites for hydroxylation is 1. The third-order valence-electron chi connectivity index (χ3n) is 6.10. The zero-order valence-corrected chi connectivity index (χ0v) is 26.0. The second kappa shape index (κ2) is 12.4. The highest BCUT2D eigenvalue weighted by atomic mass is 79.9. The van der Waals surface area contributed by atoms with Gasteiger partial charge in [0.2, 0.25) is 5.88 Å². The molecule has 4 aromatic rings. The van der Waals surface area contributed by atoms with E-state index < -0.39 is 10.0 Å². The molecule has 0 aliphatic heterocycles. The monoisotopic (exact) mass is 645 g/mol. The maximum atomic E-state index is 13.5. The van der Waals surface area contributed by atoms with Crippen molar-refractivity contribution in [2.24, 2.45) is 7.05 Å². The topological polar surface area (TPSA) is 127 Å². The highest BCUT2D eigenvalue weighted by Gasteiger charge is 2.26. The first kappa shape index (κ1) is 30.1. The molecule has 0 spiro atoms. The van der Waals surface area contributed by atoms with Gasteiger partial charge in [-0.1, -0.05) is 39.0 Å². The third-order valence-corrected chi connectivity index (χ3v) is 7.86. The Labute approximate surface area is 248 Å². The van der Waals surface area contributed by atoms with Gasteiger partial charge in [-0.2, -0.15) is 0 Å². The summed E-state index contributed by atoms with van der Waals surface area (Å²) < 4.78 is 54.2. The van der Waals surface area contributed by atoms with Crippen molar-refractivity contribution in [3.8, 4) is 34.5 Å². The Kier molecular flexibility index (Phi) is 9.08. The zero-order valence-electron chi connectivity index (χ0n) is 23.6. The SMILES string of the molecule is COc1ccc(-c2c(OCCOc3ncc(Br)cn3)nn(C)c2NS(=O)(=O)c2ccc(C(C)(C)C)cc2)cc1OC. The average molecular weight is 647 g/mol. The average Bonchev–Trinajstić information content (AvgIpc) is 3.25. The van der Waals surface area contributed by atoms with Crippen LogP contribution in [0.4, 0.5) is 5.82 Å². The number of methoxy groups -OCH3 is 2. The van der Waals surface area contributed by atoms with Crippen LogP contribution in [0.25, 0.3) is 11.1 Å². The summed E-state index contributed by atoms with van der Waals surface area (Å²) in [5.74, 6) is 1.39. The summed E-state index contributed by atoms with van der Waals surface area (Å²) >= 11 is 3.28. The number of rotatable bonds is 11. The number of benzene rings is 2. The molecule has 4 rings (SSSR count). The summed E-state index contributed by atoms with van der Waals surface area (Å²) in [6.45, 7) is 6.43. The number of nitrogens with one attached hydrogen (secondary N) is 1. The van der Waals surface area contributed by atoms with Crippen molar-refractivity contribution < 1.29 is 27.4 Å². The van der Waals surface area contributed by atoms with Gasteiger partial charge in [-0.05, 0) is 56.7 Å². The van der Waals surface area contributed by atoms with Gasteiger partial charge in [0.1, 0.15) is 19.0 Å². The van der Waals surface area contributed by atoms with E-state index >= 15 is 0 Å². The second-order valence-corrected chi connectivity index (χ2v) is 12.6. The first-order valence-corrected chi connectivity index (χ1v) is 14.9. The molecule has 11 nitrogen and oxygen atoms in total. The molecule has 0 unspecified atom stereocenters. The highest BCUT2D eigenvalue weighted by molar-refractivity contribution is 9.10. The molecule has 2 heterocycles. The van der Waals surface area contributed by atoms with Gasteiger partial charge < -0.3 is 18.9 Å². The Morgan fingerprint density at radius 3 is 2.17 bits per heavy atom. The summed E-state index contributed by atoms with van der Waals surface area (Å²) in [5.41, 5.74) is 1.93. The largest absolute Gasteiger partial charge is 0.493 e. The lowest BCUT2D eigenvalue weighted by molar-refractivity contribution is 0.201. The molecule has 218 valence electrons. The molecule has 41 heavy (non-hydrogen) atoms. The summed E-state index contributed by atoms with van der Waals surface area (Å²) in [7, 11) is 0.713. The number of aromatic nitrogens is 4. The summed E-state index contributed by atoms with van der Waals surface area (Å²) in [5, 5.41) is 4.47. The molecule has 2 aromatic carbocycles. The van der Waals surface area contributed by atoms with E-state index in [1.807, 2.05) is 12.1 Å². The van der Waals surface area contributed by atoms with Crippen LogP contribution in [0, 0.1) is 0 Å². The Morgan fingerprint density at radius 1 is 0.927 bits per heavy atom. The van der Waals surface area contributed by atoms with Gasteiger partial charge in [0.25, 0.3) is 10.0 Å². The molecular formula is C28H32BrN5O6S. The molecule has 13 heteroatoms. The Hall–Kier alpha value is -3.84. The molecular weight excluding hydrogens is 614 g/mol. The minimum Gasteiger partial charge on any atom is -0.493 e. The van der Waals surface area contributed by atoms with Crippen LogP contribution in [0.5, 0.6) is 23.4 Å². The highest BCUT2D eigenvalue weighted by Crippen LogP contribution is 2.41. The minimum absolute atomic E-state index is 0.0944. The van der Waals surface area contributed by atoms with E-state index in [2.05, 4.69) is 56.5 Å². The van der Waals surface area contributed by atoms with Gasteiger partial charge in [-0.3, -0.25) is 4.72 Å². The summed E-state index contributed by atoms with van der Waals surface area (Å²) in [6, 6.07) is 12.2. The van der Waals surface area contributed by atoms with Crippen LogP contribution in [0.3, 0.4) is 0 Å². The van der Waals surface area contributed by atoms with E-state index in [1.54, 1.807) is 49.8 Å². The number of nitrogens with zero attached hydrogens (tertiary/aromatic N) is 4. The van der Waals surface area contributed by atoms with Crippen LogP contribution in [0.2, 0.25) is 0 Å². The van der Waals surface area contributed by atoms with Gasteiger partial charge in [0.15, 0.2) is 11.5 Å². The van der Waals surface area contributed by atoms with Crippen molar-refractivity contribution in [2.75, 3.05) is 32.2 Å². The van der Waals surface area contributed by atoms with Crippen LogP contribution in [0.1, 0.15) is 26.3 Å². The van der Waals surface area contributed by atoms with Crippen molar-refractivity contribution >= 4 is 31.8 Å². The fourth-order valence-corrected chi connectivity index (χ4v) is 5.24. The van der Waals surface area contributed by atoms with Gasteiger partial charge in [-0.25, -0.2) is 23.1 Å². The van der Waals surface area contributed by atoms with E-state index in [0.29, 0.717) is 22.6 Å². The molecule has 0 saturated heterocycles. The summed E-state index contributed by atoms with van der Waals surface area (Å²) in [6.07, 6.45) is 3.15. The number of hydrogen-bond donors (Lipinski definition) is 1. The fraction of sp³-hybridized carbons (Fsp3) is 0.321. The van der Waals surface area contributed by atoms with Crippen molar-refractivity contribution in [2.45, 2.75) is 31.1 Å². The lowest BCUT2D eigenvalue weighted by atomic mass is 9.87. The zero-order chi connectivity index (χ0) is 29.8. The molecule has 2 aromatic heterocycles. The van der Waals surface area contributed by atoms with Crippen LogP contribution in [-0.4, -0.2) is 55.6 Å². The summed E-state index contributed by atoms with van der Waals surface area (Å²) in [4.78, 5) is 8.26. The van der Waals surface area contributed by atoms with Gasteiger partial charge >= 0.3 is 6.01 Å². The Morgan fingerprint density at radius 2 is 1.56 bits per heavy atom. The van der Waals surface area contributed by atoms with Crippen LogP contribution in [-0.2, 0) is 22.5 Å². The predicted octanol–water partition coefficient (Wildman–Crippen LogP) is 5.21. The molecule has 0 atom stereocenters. The molecule has 0 aliphatic carbocycles. The van der Waals surface area contributed by atoms with E-state index in [1.165, 1.54) is 18.9 Å². The molecule has 0 fully saturated rings. The smallest absolute Gasteiger partial charge is 0.316 e. The standard InChI is InChI=1S/C28H32BrN5O6S/c1-28(2,3)19-8-10-21(11-9-19)41(35,36)33-25-24(18-7-12-22(37-5)23(15-18)38-6)26(32-34(25)4)39-13-14-40-27-30-16-20(29)17-31-27/h7-12,15-17,33H,13-14H2,1-6H3. The number of anilines is 1. The van der Waals surface area contributed by atoms with Crippen LogP contribution < -0.4 is 23.7 Å². The van der Waals surface area contributed by atoms with Crippen LogP contribution >= 0.6 is 15.9 Å². The van der Waals surface area contributed by atoms with Gasteiger partial charge in [0.05, 0.1) is 29.2 Å².